The zero-order valence-electron chi connectivity index (χ0n) is 17.3. The van der Waals surface area contributed by atoms with Crippen molar-refractivity contribution in [2.75, 3.05) is 33.4 Å². The van der Waals surface area contributed by atoms with Crippen LogP contribution in [0.15, 0.2) is 44.9 Å². The van der Waals surface area contributed by atoms with Gasteiger partial charge in [-0.15, -0.1) is 10.6 Å². The summed E-state index contributed by atoms with van der Waals surface area (Å²) in [6.45, 7) is 9.82. The lowest BCUT2D eigenvalue weighted by molar-refractivity contribution is -0.136. The highest BCUT2D eigenvalue weighted by molar-refractivity contribution is 8.30. The normalized spacial score (nSPS) is 26.8. The fraction of sp³-hybridized carbons (Fsp3) is 0.550. The Kier molecular flexibility index (Phi) is 5.80. The van der Waals surface area contributed by atoms with E-state index in [1.165, 1.54) is 5.41 Å². The van der Waals surface area contributed by atoms with Gasteiger partial charge in [0.15, 0.2) is 0 Å². The SMILES string of the molecule is CCOCCN(C)C(=O)C1(C)NN(CC)C2=C3C=CCC(C)=C3S(O)(O)C=C21. The molecular formula is C20H31N3O4S. The fourth-order valence-corrected chi connectivity index (χ4v) is 5.92. The second-order valence-electron chi connectivity index (χ2n) is 7.51. The first-order chi connectivity index (χ1) is 13.2. The monoisotopic (exact) mass is 409 g/mol. The van der Waals surface area contributed by atoms with Crippen LogP contribution in [0.3, 0.4) is 0 Å². The van der Waals surface area contributed by atoms with Crippen LogP contribution in [-0.2, 0) is 9.53 Å². The van der Waals surface area contributed by atoms with Crippen LogP contribution < -0.4 is 5.43 Å². The Morgan fingerprint density at radius 2 is 2.14 bits per heavy atom. The lowest BCUT2D eigenvalue weighted by atomic mass is 9.88. The molecule has 0 bridgehead atoms. The van der Waals surface area contributed by atoms with Crippen molar-refractivity contribution in [1.82, 2.24) is 15.3 Å². The van der Waals surface area contributed by atoms with Crippen LogP contribution in [0.4, 0.5) is 0 Å². The van der Waals surface area contributed by atoms with Crippen molar-refractivity contribution in [3.05, 3.63) is 44.9 Å². The molecule has 1 fully saturated rings. The molecule has 7 nitrogen and oxygen atoms in total. The van der Waals surface area contributed by atoms with Gasteiger partial charge < -0.3 is 14.6 Å². The maximum Gasteiger partial charge on any atom is 0.248 e. The number of hydrogen-bond donors (Lipinski definition) is 3. The van der Waals surface area contributed by atoms with Crippen molar-refractivity contribution in [2.45, 2.75) is 39.7 Å². The largest absolute Gasteiger partial charge is 0.380 e. The van der Waals surface area contributed by atoms with E-state index in [1.807, 2.05) is 37.9 Å². The Balaban J connectivity index is 2.06. The maximum atomic E-state index is 13.3. The van der Waals surface area contributed by atoms with Crippen molar-refractivity contribution >= 4 is 16.5 Å². The summed E-state index contributed by atoms with van der Waals surface area (Å²) < 4.78 is 27.2. The average molecular weight is 410 g/mol. The molecule has 3 N–H and O–H groups in total. The second-order valence-corrected chi connectivity index (χ2v) is 9.34. The summed E-state index contributed by atoms with van der Waals surface area (Å²) in [5, 5.41) is 3.44. The van der Waals surface area contributed by atoms with Gasteiger partial charge in [-0.3, -0.25) is 13.9 Å². The number of hydrogen-bond acceptors (Lipinski definition) is 6. The summed E-state index contributed by atoms with van der Waals surface area (Å²) in [5.74, 6) is -0.133. The third-order valence-corrected chi connectivity index (χ3v) is 7.20. The number of carbonyl (C=O) groups excluding carboxylic acids is 1. The molecule has 3 rings (SSSR count). The zero-order valence-corrected chi connectivity index (χ0v) is 18.1. The minimum absolute atomic E-state index is 0.133. The van der Waals surface area contributed by atoms with Gasteiger partial charge >= 0.3 is 0 Å². The molecule has 0 aromatic carbocycles. The number of fused-ring (bicyclic) bond motifs is 2. The zero-order chi connectivity index (χ0) is 20.7. The molecule has 0 radical (unpaired) electrons. The number of nitrogens with one attached hydrogen (secondary N) is 1. The fourth-order valence-electron chi connectivity index (χ4n) is 4.04. The van der Waals surface area contributed by atoms with Crippen LogP contribution >= 0.6 is 10.6 Å². The number of hydrazine groups is 1. The number of allylic oxidation sites excluding steroid dienone is 4. The molecule has 2 aliphatic heterocycles. The van der Waals surface area contributed by atoms with Crippen LogP contribution in [0.5, 0.6) is 0 Å². The van der Waals surface area contributed by atoms with Crippen LogP contribution in [0.2, 0.25) is 0 Å². The Labute approximate surface area is 168 Å². The number of likely N-dealkylation sites (N-methyl/N-ethyl adjacent to an activating group) is 2. The smallest absolute Gasteiger partial charge is 0.248 e. The van der Waals surface area contributed by atoms with E-state index in [4.69, 9.17) is 4.74 Å². The van der Waals surface area contributed by atoms with Gasteiger partial charge in [-0.25, -0.2) is 5.43 Å². The minimum Gasteiger partial charge on any atom is -0.380 e. The first kappa shape index (κ1) is 21.1. The summed E-state index contributed by atoms with van der Waals surface area (Å²) in [6.07, 6.45) is 4.67. The number of carbonyl (C=O) groups is 1. The Bertz CT molecular complexity index is 799. The van der Waals surface area contributed by atoms with Crippen LogP contribution in [-0.4, -0.2) is 63.8 Å². The van der Waals surface area contributed by atoms with E-state index < -0.39 is 16.1 Å². The van der Waals surface area contributed by atoms with Gasteiger partial charge in [-0.1, -0.05) is 12.2 Å². The molecule has 0 aromatic rings. The lowest BCUT2D eigenvalue weighted by Crippen LogP contribution is -2.55. The second kappa shape index (κ2) is 7.68. The average Bonchev–Trinajstić information content (AvgIpc) is 2.93. The van der Waals surface area contributed by atoms with Crippen LogP contribution in [0, 0.1) is 0 Å². The molecular weight excluding hydrogens is 378 g/mol. The number of nitrogens with zero attached hydrogens (tertiary/aromatic N) is 2. The highest BCUT2D eigenvalue weighted by Gasteiger charge is 2.52. The third kappa shape index (κ3) is 3.33. The molecule has 1 amide bonds. The van der Waals surface area contributed by atoms with Crippen molar-refractivity contribution in [3.63, 3.8) is 0 Å². The van der Waals surface area contributed by atoms with Gasteiger partial charge in [0.05, 0.1) is 17.2 Å². The molecule has 28 heavy (non-hydrogen) atoms. The summed E-state index contributed by atoms with van der Waals surface area (Å²) >= 11 is 0. The Morgan fingerprint density at radius 1 is 1.43 bits per heavy atom. The quantitative estimate of drug-likeness (QED) is 0.584. The van der Waals surface area contributed by atoms with Crippen molar-refractivity contribution in [3.8, 4) is 0 Å². The van der Waals surface area contributed by atoms with Crippen molar-refractivity contribution in [2.24, 2.45) is 0 Å². The molecule has 1 unspecified atom stereocenters. The molecule has 156 valence electrons. The maximum absolute atomic E-state index is 13.3. The topological polar surface area (TPSA) is 85.3 Å². The van der Waals surface area contributed by atoms with Gasteiger partial charge in [0.2, 0.25) is 5.91 Å². The van der Waals surface area contributed by atoms with Gasteiger partial charge in [-0.2, -0.15) is 0 Å². The van der Waals surface area contributed by atoms with E-state index in [9.17, 15) is 13.9 Å². The highest BCUT2D eigenvalue weighted by atomic mass is 32.3. The van der Waals surface area contributed by atoms with Crippen LogP contribution in [0.1, 0.15) is 34.1 Å². The molecule has 2 heterocycles. The Morgan fingerprint density at radius 3 is 2.79 bits per heavy atom. The van der Waals surface area contributed by atoms with Crippen molar-refractivity contribution in [1.29, 1.82) is 0 Å². The van der Waals surface area contributed by atoms with Gasteiger partial charge in [0, 0.05) is 43.3 Å². The predicted molar refractivity (Wildman–Crippen MR) is 112 cm³/mol. The number of ether oxygens (including phenoxy) is 1. The molecule has 8 heteroatoms. The van der Waals surface area contributed by atoms with E-state index in [1.54, 1.807) is 18.9 Å². The molecule has 0 aromatic heterocycles. The van der Waals surface area contributed by atoms with E-state index >= 15 is 0 Å². The van der Waals surface area contributed by atoms with Gasteiger partial charge in [0.1, 0.15) is 5.54 Å². The van der Waals surface area contributed by atoms with E-state index in [0.29, 0.717) is 43.2 Å². The van der Waals surface area contributed by atoms with E-state index in [-0.39, 0.29) is 5.91 Å². The molecule has 0 spiro atoms. The molecule has 1 saturated heterocycles. The van der Waals surface area contributed by atoms with Crippen LogP contribution in [0.25, 0.3) is 0 Å². The number of amides is 1. The lowest BCUT2D eigenvalue weighted by Gasteiger charge is -2.40. The molecule has 3 aliphatic rings. The molecule has 0 saturated carbocycles. The first-order valence-electron chi connectivity index (χ1n) is 9.67. The number of rotatable bonds is 6. The minimum atomic E-state index is -3.12. The van der Waals surface area contributed by atoms with Crippen molar-refractivity contribution < 1.29 is 18.6 Å². The van der Waals surface area contributed by atoms with Gasteiger partial charge in [-0.05, 0) is 39.7 Å². The van der Waals surface area contributed by atoms with Gasteiger partial charge in [0.25, 0.3) is 0 Å². The summed E-state index contributed by atoms with van der Waals surface area (Å²) in [5.41, 5.74) is 5.47. The third-order valence-electron chi connectivity index (χ3n) is 5.47. The van der Waals surface area contributed by atoms with E-state index in [0.717, 1.165) is 16.8 Å². The van der Waals surface area contributed by atoms with E-state index in [2.05, 4.69) is 5.43 Å². The summed E-state index contributed by atoms with van der Waals surface area (Å²) in [4.78, 5) is 15.6. The molecule has 1 atom stereocenters. The highest BCUT2D eigenvalue weighted by Crippen LogP contribution is 2.62. The first-order valence-corrected chi connectivity index (χ1v) is 11.3. The standard InChI is InChI=1S/C20H31N3O4S/c1-6-23-17-15-10-8-9-14(3)18(15)28(25,26)13-16(17)20(4,21-23)19(24)22(5)11-12-27-7-2/h8,10,13,21,25-26H,6-7,9,11-12H2,1-5H3. The summed E-state index contributed by atoms with van der Waals surface area (Å²) in [7, 11) is -1.38. The Hall–Kier alpha value is -1.58. The predicted octanol–water partition coefficient (Wildman–Crippen LogP) is 3.22. The summed E-state index contributed by atoms with van der Waals surface area (Å²) in [6, 6.07) is 0. The molecule has 1 aliphatic carbocycles.